The number of amides is 1. The number of carboxylic acids is 1. The van der Waals surface area contributed by atoms with Gasteiger partial charge in [-0.3, -0.25) is 14.4 Å². The molecule has 0 spiro atoms. The second-order valence-electron chi connectivity index (χ2n) is 7.94. The Morgan fingerprint density at radius 1 is 1.11 bits per heavy atom. The van der Waals surface area contributed by atoms with Crippen molar-refractivity contribution in [2.75, 3.05) is 10.6 Å². The SMILES string of the molecule is [2H]C(=O)c1cn(C)c2cc(NC(=O)CC(C(=O)O)c3ccccc3Nc3c(Cl)cccc3Cl)ccc12. The van der Waals surface area contributed by atoms with E-state index in [1.54, 1.807) is 78.5 Å². The van der Waals surface area contributed by atoms with Gasteiger partial charge in [0, 0.05) is 42.0 Å². The van der Waals surface area contributed by atoms with Crippen LogP contribution < -0.4 is 10.6 Å². The molecule has 1 atom stereocenters. The monoisotopic (exact) mass is 510 g/mol. The molecule has 4 rings (SSSR count). The number of carbonyl (C=O) groups is 3. The van der Waals surface area contributed by atoms with Crippen molar-refractivity contribution in [3.63, 3.8) is 0 Å². The van der Waals surface area contributed by atoms with Crippen molar-refractivity contribution in [3.8, 4) is 0 Å². The second kappa shape index (κ2) is 10.2. The summed E-state index contributed by atoms with van der Waals surface area (Å²) in [6.07, 6.45) is 0.430. The molecule has 0 saturated heterocycles. The lowest BCUT2D eigenvalue weighted by molar-refractivity contribution is -0.140. The first kappa shape index (κ1) is 23.0. The minimum atomic E-state index is -1.17. The highest BCUT2D eigenvalue weighted by molar-refractivity contribution is 6.39. The predicted molar refractivity (Wildman–Crippen MR) is 138 cm³/mol. The van der Waals surface area contributed by atoms with Gasteiger partial charge in [-0.05, 0) is 35.9 Å². The van der Waals surface area contributed by atoms with E-state index < -0.39 is 24.1 Å². The van der Waals surface area contributed by atoms with Crippen molar-refractivity contribution >= 4 is 69.3 Å². The first-order valence-corrected chi connectivity index (χ1v) is 11.3. The Balaban J connectivity index is 1.58. The maximum Gasteiger partial charge on any atom is 0.311 e. The van der Waals surface area contributed by atoms with Crippen LogP contribution in [0.4, 0.5) is 17.1 Å². The fourth-order valence-corrected chi connectivity index (χ4v) is 4.43. The van der Waals surface area contributed by atoms with Crippen LogP contribution in [0.3, 0.4) is 0 Å². The summed E-state index contributed by atoms with van der Waals surface area (Å²) in [4.78, 5) is 36.6. The number of fused-ring (bicyclic) bond motifs is 1. The lowest BCUT2D eigenvalue weighted by Gasteiger charge is -2.19. The smallest absolute Gasteiger partial charge is 0.311 e. The maximum atomic E-state index is 12.9. The number of aryl methyl sites for hydroxylation is 1. The number of carbonyl (C=O) groups excluding carboxylic acids is 2. The number of aldehydes is 1. The number of nitrogens with zero attached hydrogens (tertiary/aromatic N) is 1. The van der Waals surface area contributed by atoms with Crippen LogP contribution in [0.5, 0.6) is 0 Å². The summed E-state index contributed by atoms with van der Waals surface area (Å²) in [5.41, 5.74) is 2.65. The number of carboxylic acid groups (broad SMARTS) is 1. The Labute approximate surface area is 212 Å². The zero-order valence-electron chi connectivity index (χ0n) is 19.5. The number of halogens is 2. The molecule has 9 heteroatoms. The van der Waals surface area contributed by atoms with E-state index in [-0.39, 0.29) is 12.0 Å². The van der Waals surface area contributed by atoms with Crippen LogP contribution >= 0.6 is 23.2 Å². The fourth-order valence-electron chi connectivity index (χ4n) is 3.94. The first-order chi connectivity index (χ1) is 17.2. The Morgan fingerprint density at radius 2 is 1.83 bits per heavy atom. The average molecular weight is 511 g/mol. The molecule has 0 aliphatic heterocycles. The molecule has 0 aliphatic carbocycles. The summed E-state index contributed by atoms with van der Waals surface area (Å²) in [5.74, 6) is -2.82. The van der Waals surface area contributed by atoms with Crippen LogP contribution in [0.2, 0.25) is 10.0 Å². The van der Waals surface area contributed by atoms with Gasteiger partial charge in [-0.25, -0.2) is 0 Å². The molecule has 178 valence electrons. The van der Waals surface area contributed by atoms with Crippen molar-refractivity contribution < 1.29 is 20.9 Å². The number of hydrogen-bond donors (Lipinski definition) is 3. The third-order valence-electron chi connectivity index (χ3n) is 5.63. The molecular weight excluding hydrogens is 489 g/mol. The lowest BCUT2D eigenvalue weighted by Crippen LogP contribution is -2.21. The molecule has 1 heterocycles. The Hall–Kier alpha value is -3.81. The zero-order chi connectivity index (χ0) is 26.0. The average Bonchev–Trinajstić information content (AvgIpc) is 3.16. The molecule has 0 bridgehead atoms. The van der Waals surface area contributed by atoms with E-state index in [4.69, 9.17) is 24.6 Å². The zero-order valence-corrected chi connectivity index (χ0v) is 20.0. The Morgan fingerprint density at radius 3 is 2.51 bits per heavy atom. The Bertz CT molecular complexity index is 1480. The van der Waals surface area contributed by atoms with Gasteiger partial charge >= 0.3 is 5.97 Å². The van der Waals surface area contributed by atoms with Gasteiger partial charge in [0.1, 0.15) is 1.37 Å². The van der Waals surface area contributed by atoms with Crippen molar-refractivity contribution in [1.29, 1.82) is 0 Å². The minimum absolute atomic E-state index is 0.263. The highest BCUT2D eigenvalue weighted by atomic mass is 35.5. The number of benzene rings is 3. The van der Waals surface area contributed by atoms with E-state index in [0.29, 0.717) is 43.6 Å². The van der Waals surface area contributed by atoms with Crippen molar-refractivity contribution in [2.45, 2.75) is 12.3 Å². The van der Waals surface area contributed by atoms with E-state index in [1.807, 2.05) is 0 Å². The van der Waals surface area contributed by atoms with Crippen LogP contribution in [-0.4, -0.2) is 27.8 Å². The fraction of sp³-hybridized carbons (Fsp3) is 0.115. The van der Waals surface area contributed by atoms with Crippen LogP contribution in [0, 0.1) is 0 Å². The molecule has 3 N–H and O–H groups in total. The Kier molecular flexibility index (Phi) is 6.70. The van der Waals surface area contributed by atoms with Crippen molar-refractivity contribution in [1.82, 2.24) is 4.57 Å². The molecule has 0 fully saturated rings. The van der Waals surface area contributed by atoms with Gasteiger partial charge in [-0.2, -0.15) is 0 Å². The van der Waals surface area contributed by atoms with Gasteiger partial charge in [0.2, 0.25) is 5.91 Å². The van der Waals surface area contributed by atoms with E-state index in [0.717, 1.165) is 0 Å². The first-order valence-electron chi connectivity index (χ1n) is 11.1. The van der Waals surface area contributed by atoms with Gasteiger partial charge in [0.25, 0.3) is 0 Å². The summed E-state index contributed by atoms with van der Waals surface area (Å²) in [6, 6.07) is 16.7. The summed E-state index contributed by atoms with van der Waals surface area (Å²) in [6.45, 7) is 0. The van der Waals surface area contributed by atoms with E-state index in [9.17, 15) is 19.5 Å². The number of anilines is 3. The highest BCUT2D eigenvalue weighted by Gasteiger charge is 2.26. The van der Waals surface area contributed by atoms with Crippen molar-refractivity contribution in [3.05, 3.63) is 88.0 Å². The molecule has 4 aromatic rings. The van der Waals surface area contributed by atoms with E-state index in [1.165, 1.54) is 0 Å². The molecule has 0 radical (unpaired) electrons. The molecule has 7 nitrogen and oxygen atoms in total. The van der Waals surface area contributed by atoms with Crippen LogP contribution in [0.25, 0.3) is 10.9 Å². The van der Waals surface area contributed by atoms with Gasteiger partial charge in [-0.1, -0.05) is 53.5 Å². The number of rotatable bonds is 8. The number of aromatic nitrogens is 1. The van der Waals surface area contributed by atoms with Crippen LogP contribution in [0.1, 0.15) is 29.6 Å². The standard InChI is InChI=1S/C26H21Cl2N3O4/c1-31-13-15(14-32)17-10-9-16(11-23(17)31)29-24(33)12-19(26(34)35)18-5-2-3-8-22(18)30-25-20(27)6-4-7-21(25)28/h2-11,13-14,19,30H,12H2,1H3,(H,29,33)(H,34,35)/i14D. The summed E-state index contributed by atoms with van der Waals surface area (Å²) >= 11 is 12.5. The summed E-state index contributed by atoms with van der Waals surface area (Å²) in [5, 5.41) is 17.1. The third-order valence-corrected chi connectivity index (χ3v) is 6.26. The van der Waals surface area contributed by atoms with Crippen molar-refractivity contribution in [2.24, 2.45) is 7.05 Å². The predicted octanol–water partition coefficient (Wildman–Crippen LogP) is 6.24. The molecular formula is C26H21Cl2N3O4. The quantitative estimate of drug-likeness (QED) is 0.243. The maximum absolute atomic E-state index is 12.9. The number of para-hydroxylation sites is 2. The number of nitrogens with one attached hydrogen (secondary N) is 2. The normalized spacial score (nSPS) is 12.1. The molecule has 0 saturated carbocycles. The molecule has 0 aliphatic rings. The van der Waals surface area contributed by atoms with Crippen LogP contribution in [0.15, 0.2) is 66.9 Å². The molecule has 1 amide bonds. The topological polar surface area (TPSA) is 100 Å². The van der Waals surface area contributed by atoms with E-state index in [2.05, 4.69) is 10.6 Å². The lowest BCUT2D eigenvalue weighted by atomic mass is 9.93. The molecule has 1 unspecified atom stereocenters. The summed E-state index contributed by atoms with van der Waals surface area (Å²) in [7, 11) is 1.73. The van der Waals surface area contributed by atoms with Crippen LogP contribution in [-0.2, 0) is 16.6 Å². The summed E-state index contributed by atoms with van der Waals surface area (Å²) < 4.78 is 9.08. The second-order valence-corrected chi connectivity index (χ2v) is 8.75. The third kappa shape index (κ3) is 5.16. The molecule has 35 heavy (non-hydrogen) atoms. The highest BCUT2D eigenvalue weighted by Crippen LogP contribution is 2.36. The molecule has 1 aromatic heterocycles. The largest absolute Gasteiger partial charge is 0.481 e. The van der Waals surface area contributed by atoms with Gasteiger partial charge in [0.15, 0.2) is 6.26 Å². The number of aliphatic carboxylic acids is 1. The minimum Gasteiger partial charge on any atom is -0.481 e. The van der Waals surface area contributed by atoms with Gasteiger partial charge < -0.3 is 20.3 Å². The van der Waals surface area contributed by atoms with E-state index >= 15 is 0 Å². The van der Waals surface area contributed by atoms with Gasteiger partial charge in [0.05, 0.1) is 27.2 Å². The van der Waals surface area contributed by atoms with Gasteiger partial charge in [-0.15, -0.1) is 0 Å². The number of hydrogen-bond acceptors (Lipinski definition) is 4. The molecule has 3 aromatic carbocycles.